The molecule has 0 radical (unpaired) electrons. The molecule has 5 nitrogen and oxygen atoms in total. The molecule has 2 aromatic carbocycles. The summed E-state index contributed by atoms with van der Waals surface area (Å²) in [5.74, 6) is 1.38. The van der Waals surface area contributed by atoms with Crippen molar-refractivity contribution in [3.63, 3.8) is 0 Å². The van der Waals surface area contributed by atoms with Crippen LogP contribution in [0.3, 0.4) is 0 Å². The van der Waals surface area contributed by atoms with E-state index in [1.165, 1.54) is 0 Å². The van der Waals surface area contributed by atoms with Crippen LogP contribution in [-0.4, -0.2) is 14.2 Å². The van der Waals surface area contributed by atoms with Crippen molar-refractivity contribution in [1.29, 1.82) is 0 Å². The van der Waals surface area contributed by atoms with Gasteiger partial charge < -0.3 is 9.47 Å². The van der Waals surface area contributed by atoms with Crippen LogP contribution in [0, 0.1) is 0 Å². The minimum absolute atomic E-state index is 0.158. The van der Waals surface area contributed by atoms with Crippen LogP contribution >= 0.6 is 8.25 Å². The van der Waals surface area contributed by atoms with E-state index in [0.717, 1.165) is 11.1 Å². The van der Waals surface area contributed by atoms with Gasteiger partial charge in [-0.2, -0.15) is 0 Å². The van der Waals surface area contributed by atoms with E-state index in [0.29, 0.717) is 11.5 Å². The fourth-order valence-corrected chi connectivity index (χ4v) is 2.49. The molecule has 0 aliphatic carbocycles. The van der Waals surface area contributed by atoms with E-state index in [1.54, 1.807) is 14.2 Å². The maximum Gasteiger partial charge on any atom is 0.698 e. The first-order valence-corrected chi connectivity index (χ1v) is 7.81. The molecule has 116 valence electrons. The smallest absolute Gasteiger partial charge is 0.496 e. The van der Waals surface area contributed by atoms with Crippen molar-refractivity contribution < 1.29 is 23.1 Å². The molecule has 0 heterocycles. The third-order valence-corrected chi connectivity index (χ3v) is 3.72. The van der Waals surface area contributed by atoms with Crippen molar-refractivity contribution >= 4 is 8.25 Å². The first kappa shape index (κ1) is 16.4. The quantitative estimate of drug-likeness (QED) is 0.685. The fourth-order valence-electron chi connectivity index (χ4n) is 1.93. The van der Waals surface area contributed by atoms with Gasteiger partial charge in [0.25, 0.3) is 0 Å². The fraction of sp³-hybridized carbons (Fsp3) is 0.250. The highest BCUT2D eigenvalue weighted by Gasteiger charge is 2.22. The van der Waals surface area contributed by atoms with Gasteiger partial charge in [0.1, 0.15) is 24.7 Å². The average Bonchev–Trinajstić information content (AvgIpc) is 2.58. The monoisotopic (exact) mass is 321 g/mol. The molecule has 22 heavy (non-hydrogen) atoms. The average molecular weight is 321 g/mol. The summed E-state index contributed by atoms with van der Waals surface area (Å²) in [7, 11) is 0.937. The summed E-state index contributed by atoms with van der Waals surface area (Å²) in [5, 5.41) is 0. The molecule has 0 atom stereocenters. The zero-order valence-corrected chi connectivity index (χ0v) is 13.4. The largest absolute Gasteiger partial charge is 0.698 e. The lowest BCUT2D eigenvalue weighted by atomic mass is 10.2. The molecule has 0 aromatic heterocycles. The molecular weight excluding hydrogens is 303 g/mol. The van der Waals surface area contributed by atoms with Crippen molar-refractivity contribution in [2.75, 3.05) is 14.2 Å². The topological polar surface area (TPSA) is 54.0 Å². The highest BCUT2D eigenvalue weighted by Crippen LogP contribution is 2.31. The molecule has 0 N–H and O–H groups in total. The molecular formula is C16H18O5P+. The Kier molecular flexibility index (Phi) is 6.34. The van der Waals surface area contributed by atoms with E-state index < -0.39 is 8.25 Å². The van der Waals surface area contributed by atoms with Crippen molar-refractivity contribution in [3.8, 4) is 11.5 Å². The van der Waals surface area contributed by atoms with Gasteiger partial charge in [-0.25, -0.2) is 0 Å². The molecule has 6 heteroatoms. The molecule has 0 aliphatic heterocycles. The third-order valence-electron chi connectivity index (χ3n) is 3.04. The number of rotatable bonds is 8. The second-order valence-electron chi connectivity index (χ2n) is 4.39. The van der Waals surface area contributed by atoms with E-state index in [4.69, 9.17) is 18.5 Å². The lowest BCUT2D eigenvalue weighted by Gasteiger charge is -2.05. The number of benzene rings is 2. The second kappa shape index (κ2) is 8.49. The minimum Gasteiger partial charge on any atom is -0.496 e. The molecule has 0 spiro atoms. The number of ether oxygens (including phenoxy) is 2. The van der Waals surface area contributed by atoms with E-state index in [-0.39, 0.29) is 13.2 Å². The predicted molar refractivity (Wildman–Crippen MR) is 83.2 cm³/mol. The van der Waals surface area contributed by atoms with Crippen molar-refractivity contribution in [2.24, 2.45) is 0 Å². The number of hydrogen-bond acceptors (Lipinski definition) is 5. The van der Waals surface area contributed by atoms with Gasteiger partial charge in [-0.1, -0.05) is 36.4 Å². The summed E-state index contributed by atoms with van der Waals surface area (Å²) in [6, 6.07) is 14.8. The van der Waals surface area contributed by atoms with Crippen LogP contribution < -0.4 is 9.47 Å². The standard InChI is InChI=1S/C16H18O5P/c1-18-15-9-5-3-7-13(15)11-20-22(17)21-12-14-8-4-6-10-16(14)19-2/h3-10H,11-12H2,1-2H3/q+1. The molecule has 0 saturated heterocycles. The summed E-state index contributed by atoms with van der Waals surface area (Å²) in [5.41, 5.74) is 1.63. The van der Waals surface area contributed by atoms with Gasteiger partial charge in [0.05, 0.1) is 14.2 Å². The van der Waals surface area contributed by atoms with Gasteiger partial charge in [-0.15, -0.1) is 9.05 Å². The summed E-state index contributed by atoms with van der Waals surface area (Å²) >= 11 is 0. The zero-order chi connectivity index (χ0) is 15.8. The maximum absolute atomic E-state index is 11.8. The van der Waals surface area contributed by atoms with Crippen LogP contribution in [0.5, 0.6) is 11.5 Å². The number of para-hydroxylation sites is 2. The van der Waals surface area contributed by atoms with E-state index >= 15 is 0 Å². The SMILES string of the molecule is COc1ccccc1CO[P+](=O)OCc1ccccc1OC. The zero-order valence-electron chi connectivity index (χ0n) is 12.5. The van der Waals surface area contributed by atoms with Gasteiger partial charge in [0.15, 0.2) is 0 Å². The number of methoxy groups -OCH3 is 2. The molecule has 0 amide bonds. The Labute approximate surface area is 130 Å². The summed E-state index contributed by atoms with van der Waals surface area (Å²) in [6.07, 6.45) is 0. The summed E-state index contributed by atoms with van der Waals surface area (Å²) in [6.45, 7) is 0.316. The first-order chi connectivity index (χ1) is 10.7. The molecule has 0 aliphatic rings. The Morgan fingerprint density at radius 3 is 1.59 bits per heavy atom. The van der Waals surface area contributed by atoms with E-state index in [1.807, 2.05) is 48.5 Å². The van der Waals surface area contributed by atoms with Crippen LogP contribution in [-0.2, 0) is 26.8 Å². The van der Waals surface area contributed by atoms with E-state index in [9.17, 15) is 4.57 Å². The second-order valence-corrected chi connectivity index (χ2v) is 5.36. The van der Waals surface area contributed by atoms with Crippen LogP contribution in [0.1, 0.15) is 11.1 Å². The Bertz CT molecular complexity index is 576. The molecule has 2 aromatic rings. The van der Waals surface area contributed by atoms with Gasteiger partial charge in [-0.05, 0) is 12.1 Å². The Morgan fingerprint density at radius 1 is 0.773 bits per heavy atom. The highest BCUT2D eigenvalue weighted by molar-refractivity contribution is 7.33. The normalized spacial score (nSPS) is 10.3. The van der Waals surface area contributed by atoms with Crippen molar-refractivity contribution in [3.05, 3.63) is 59.7 Å². The maximum atomic E-state index is 11.8. The van der Waals surface area contributed by atoms with Crippen LogP contribution in [0.25, 0.3) is 0 Å². The molecule has 0 unspecified atom stereocenters. The van der Waals surface area contributed by atoms with Crippen LogP contribution in [0.4, 0.5) is 0 Å². The first-order valence-electron chi connectivity index (χ1n) is 6.71. The molecule has 0 fully saturated rings. The van der Waals surface area contributed by atoms with Crippen molar-refractivity contribution in [2.45, 2.75) is 13.2 Å². The molecule has 0 bridgehead atoms. The van der Waals surface area contributed by atoms with Gasteiger partial charge >= 0.3 is 8.25 Å². The van der Waals surface area contributed by atoms with Crippen LogP contribution in [0.2, 0.25) is 0 Å². The predicted octanol–water partition coefficient (Wildman–Crippen LogP) is 4.09. The summed E-state index contributed by atoms with van der Waals surface area (Å²) in [4.78, 5) is 0. The van der Waals surface area contributed by atoms with Gasteiger partial charge in [0, 0.05) is 15.7 Å². The molecule has 2 rings (SSSR count). The van der Waals surface area contributed by atoms with Crippen molar-refractivity contribution in [1.82, 2.24) is 0 Å². The Morgan fingerprint density at radius 2 is 1.18 bits per heavy atom. The third kappa shape index (κ3) is 4.53. The Hall–Kier alpha value is -1.94. The van der Waals surface area contributed by atoms with E-state index in [2.05, 4.69) is 0 Å². The van der Waals surface area contributed by atoms with Gasteiger partial charge in [-0.3, -0.25) is 0 Å². The minimum atomic E-state index is -2.22. The lowest BCUT2D eigenvalue weighted by molar-refractivity contribution is 0.209. The van der Waals surface area contributed by atoms with Crippen LogP contribution in [0.15, 0.2) is 48.5 Å². The highest BCUT2D eigenvalue weighted by atomic mass is 31.1. The summed E-state index contributed by atoms with van der Waals surface area (Å²) < 4.78 is 32.7. The molecule has 0 saturated carbocycles. The van der Waals surface area contributed by atoms with Gasteiger partial charge in [0.2, 0.25) is 0 Å². The lowest BCUT2D eigenvalue weighted by Crippen LogP contribution is -1.95. The Balaban J connectivity index is 1.86. The number of hydrogen-bond donors (Lipinski definition) is 0.